The topological polar surface area (TPSA) is 53.5 Å². The lowest BCUT2D eigenvalue weighted by Gasteiger charge is -2.12. The Morgan fingerprint density at radius 2 is 0.494 bits per heavy atom. The number of hydrogen-bond acceptors (Lipinski definition) is 3. The molecule has 0 atom stereocenters. The molecule has 0 saturated carbocycles. The summed E-state index contributed by atoms with van der Waals surface area (Å²) in [5, 5.41) is 7.14. The molecule has 0 aliphatic heterocycles. The summed E-state index contributed by atoms with van der Waals surface area (Å²) >= 11 is 0. The molecule has 6 heteroatoms. The van der Waals surface area contributed by atoms with Crippen LogP contribution in [0.5, 0.6) is 0 Å². The van der Waals surface area contributed by atoms with Gasteiger partial charge < -0.3 is 9.13 Å². The number of fused-ring (bicyclic) bond motifs is 9. The van der Waals surface area contributed by atoms with Gasteiger partial charge in [0.05, 0.1) is 33.1 Å². The first-order valence-corrected chi connectivity index (χ1v) is 27.5. The van der Waals surface area contributed by atoms with Crippen LogP contribution in [0, 0.1) is 0 Å². The van der Waals surface area contributed by atoms with E-state index in [1.54, 1.807) is 0 Å². The first kappa shape index (κ1) is 46.2. The monoisotopic (exact) mass is 1030 g/mol. The molecule has 0 aliphatic rings. The van der Waals surface area contributed by atoms with Gasteiger partial charge in [-0.05, 0) is 111 Å². The van der Waals surface area contributed by atoms with Gasteiger partial charge in [-0.25, -0.2) is 4.98 Å². The second-order valence-corrected chi connectivity index (χ2v) is 20.8. The summed E-state index contributed by atoms with van der Waals surface area (Å²) in [7, 11) is 0. The normalized spacial score (nSPS) is 11.7. The highest BCUT2D eigenvalue weighted by atomic mass is 15.2. The van der Waals surface area contributed by atoms with Gasteiger partial charge in [-0.3, -0.25) is 4.57 Å². The Bertz CT molecular complexity index is 5000. The molecule has 0 saturated heterocycles. The molecule has 0 spiro atoms. The lowest BCUT2D eigenvalue weighted by Crippen LogP contribution is -2.06. The maximum Gasteiger partial charge on any atom is 0.238 e. The Morgan fingerprint density at radius 1 is 0.185 bits per heavy atom. The molecular formula is C75H48N6. The fourth-order valence-corrected chi connectivity index (χ4v) is 12.2. The SMILES string of the molecule is c1ccc(-c2ccc3c4ccccc4n(-c4ccc(-c5ccc6c(c5)c5ccc(-c7ccc(-n8c9ccccc9c9ccc(-c%10ccccc%10)cc98)cc7)cc5n6-c5nc(-c6ccccc6)nc(-c6ccccc6)n5)cc4)c3c2)cc1. The molecule has 378 valence electrons. The van der Waals surface area contributed by atoms with Crippen LogP contribution in [-0.2, 0) is 0 Å². The molecule has 0 fully saturated rings. The molecule has 0 amide bonds. The van der Waals surface area contributed by atoms with Crippen LogP contribution < -0.4 is 0 Å². The van der Waals surface area contributed by atoms with E-state index in [2.05, 4.69) is 268 Å². The van der Waals surface area contributed by atoms with Gasteiger partial charge in [0.1, 0.15) is 0 Å². The van der Waals surface area contributed by atoms with Gasteiger partial charge in [-0.1, -0.05) is 224 Å². The minimum atomic E-state index is 0.551. The molecule has 4 aromatic heterocycles. The van der Waals surface area contributed by atoms with Gasteiger partial charge in [0.15, 0.2) is 11.6 Å². The fraction of sp³-hybridized carbons (Fsp3) is 0. The quantitative estimate of drug-likeness (QED) is 0.145. The van der Waals surface area contributed by atoms with E-state index < -0.39 is 0 Å². The van der Waals surface area contributed by atoms with Crippen molar-refractivity contribution >= 4 is 65.4 Å². The number of benzene rings is 12. The van der Waals surface area contributed by atoms with Crippen molar-refractivity contribution in [1.82, 2.24) is 28.7 Å². The number of aromatic nitrogens is 6. The first-order valence-electron chi connectivity index (χ1n) is 27.5. The maximum absolute atomic E-state index is 5.31. The van der Waals surface area contributed by atoms with E-state index in [0.717, 1.165) is 66.6 Å². The van der Waals surface area contributed by atoms with Crippen molar-refractivity contribution in [3.8, 4) is 84.6 Å². The highest BCUT2D eigenvalue weighted by molar-refractivity contribution is 6.13. The van der Waals surface area contributed by atoms with Gasteiger partial charge in [0, 0.05) is 54.8 Å². The van der Waals surface area contributed by atoms with Crippen molar-refractivity contribution in [1.29, 1.82) is 0 Å². The standard InChI is InChI=1S/C75H48N6/c1-5-17-49(18-6-1)56-33-41-63-61-25-13-15-27-67(61)79(70(63)46-56)59-37-29-51(30-38-59)55-36-44-69-66(45-55)65-43-35-58(48-72(65)81(69)75-77-73(53-21-9-3-10-22-53)76-74(78-75)54-23-11-4-12-24-54)52-31-39-60(40-32-52)80-68-28-16-14-26-62(68)64-42-34-57(47-71(64)80)50-19-7-2-8-20-50/h1-48H. The average Bonchev–Trinajstić information content (AvgIpc) is 4.36. The summed E-state index contributed by atoms with van der Waals surface area (Å²) in [6.07, 6.45) is 0. The number of para-hydroxylation sites is 2. The highest BCUT2D eigenvalue weighted by Crippen LogP contribution is 2.41. The van der Waals surface area contributed by atoms with Crippen molar-refractivity contribution < 1.29 is 0 Å². The third kappa shape index (κ3) is 7.83. The molecule has 4 heterocycles. The molecule has 6 nitrogen and oxygen atoms in total. The predicted octanol–water partition coefficient (Wildman–Crippen LogP) is 19.2. The van der Waals surface area contributed by atoms with Crippen molar-refractivity contribution in [2.75, 3.05) is 0 Å². The zero-order chi connectivity index (χ0) is 53.4. The van der Waals surface area contributed by atoms with Gasteiger partial charge in [-0.15, -0.1) is 0 Å². The Labute approximate surface area is 467 Å². The zero-order valence-corrected chi connectivity index (χ0v) is 43.9. The largest absolute Gasteiger partial charge is 0.309 e. The van der Waals surface area contributed by atoms with Crippen molar-refractivity contribution in [3.05, 3.63) is 291 Å². The molecule has 16 rings (SSSR count). The summed E-state index contributed by atoms with van der Waals surface area (Å²) < 4.78 is 7.02. The van der Waals surface area contributed by atoms with Gasteiger partial charge in [0.2, 0.25) is 5.95 Å². The number of hydrogen-bond donors (Lipinski definition) is 0. The molecule has 0 aliphatic carbocycles. The fourth-order valence-electron chi connectivity index (χ4n) is 12.2. The predicted molar refractivity (Wildman–Crippen MR) is 335 cm³/mol. The minimum absolute atomic E-state index is 0.551. The Balaban J connectivity index is 0.838. The third-order valence-corrected chi connectivity index (χ3v) is 16.1. The number of nitrogens with zero attached hydrogens (tertiary/aromatic N) is 6. The molecule has 12 aromatic carbocycles. The zero-order valence-electron chi connectivity index (χ0n) is 43.9. The lowest BCUT2D eigenvalue weighted by molar-refractivity contribution is 0.953. The molecule has 0 N–H and O–H groups in total. The van der Waals surface area contributed by atoms with Crippen LogP contribution in [0.3, 0.4) is 0 Å². The van der Waals surface area contributed by atoms with E-state index in [4.69, 9.17) is 15.0 Å². The van der Waals surface area contributed by atoms with Crippen LogP contribution in [0.1, 0.15) is 0 Å². The summed E-state index contributed by atoms with van der Waals surface area (Å²) in [6.45, 7) is 0. The van der Waals surface area contributed by atoms with Crippen LogP contribution in [0.2, 0.25) is 0 Å². The van der Waals surface area contributed by atoms with Gasteiger partial charge in [0.25, 0.3) is 0 Å². The van der Waals surface area contributed by atoms with Crippen LogP contribution in [-0.4, -0.2) is 28.7 Å². The summed E-state index contributed by atoms with van der Waals surface area (Å²) in [5.41, 5.74) is 20.0. The van der Waals surface area contributed by atoms with E-state index in [-0.39, 0.29) is 0 Å². The molecule has 81 heavy (non-hydrogen) atoms. The van der Waals surface area contributed by atoms with E-state index in [1.807, 2.05) is 36.4 Å². The Kier molecular flexibility index (Phi) is 10.8. The molecule has 16 aromatic rings. The first-order chi connectivity index (χ1) is 40.1. The van der Waals surface area contributed by atoms with Gasteiger partial charge >= 0.3 is 0 Å². The second-order valence-electron chi connectivity index (χ2n) is 20.8. The van der Waals surface area contributed by atoms with E-state index >= 15 is 0 Å². The van der Waals surface area contributed by atoms with Crippen LogP contribution in [0.15, 0.2) is 291 Å². The molecule has 0 unspecified atom stereocenters. The molecule has 0 bridgehead atoms. The lowest BCUT2D eigenvalue weighted by atomic mass is 10.0. The van der Waals surface area contributed by atoms with Crippen molar-refractivity contribution in [2.24, 2.45) is 0 Å². The third-order valence-electron chi connectivity index (χ3n) is 16.1. The van der Waals surface area contributed by atoms with Crippen LogP contribution >= 0.6 is 0 Å². The molecular weight excluding hydrogens is 985 g/mol. The van der Waals surface area contributed by atoms with E-state index in [0.29, 0.717) is 17.6 Å². The number of rotatable bonds is 9. The Morgan fingerprint density at radius 3 is 0.938 bits per heavy atom. The minimum Gasteiger partial charge on any atom is -0.309 e. The van der Waals surface area contributed by atoms with Crippen LogP contribution in [0.4, 0.5) is 0 Å². The van der Waals surface area contributed by atoms with E-state index in [9.17, 15) is 0 Å². The summed E-state index contributed by atoms with van der Waals surface area (Å²) in [6, 6.07) is 104. The van der Waals surface area contributed by atoms with Crippen molar-refractivity contribution in [3.63, 3.8) is 0 Å². The summed E-state index contributed by atoms with van der Waals surface area (Å²) in [5.74, 6) is 1.77. The maximum atomic E-state index is 5.31. The average molecular weight is 1030 g/mol. The van der Waals surface area contributed by atoms with Crippen molar-refractivity contribution in [2.45, 2.75) is 0 Å². The summed E-state index contributed by atoms with van der Waals surface area (Å²) in [4.78, 5) is 15.7. The molecule has 0 radical (unpaired) electrons. The Hall–Kier alpha value is -11.0. The van der Waals surface area contributed by atoms with E-state index in [1.165, 1.54) is 65.9 Å². The smallest absolute Gasteiger partial charge is 0.238 e. The van der Waals surface area contributed by atoms with Gasteiger partial charge in [-0.2, -0.15) is 9.97 Å². The second kappa shape index (κ2) is 18.9. The van der Waals surface area contributed by atoms with Crippen LogP contribution in [0.25, 0.3) is 150 Å². The highest BCUT2D eigenvalue weighted by Gasteiger charge is 2.21.